The van der Waals surface area contributed by atoms with E-state index in [2.05, 4.69) is 15.5 Å². The number of hydrogen-bond donors (Lipinski definition) is 1. The highest BCUT2D eigenvalue weighted by Gasteiger charge is 2.34. The normalized spacial score (nSPS) is 17.4. The van der Waals surface area contributed by atoms with Crippen molar-refractivity contribution in [2.24, 2.45) is 5.92 Å². The zero-order chi connectivity index (χ0) is 22.9. The van der Waals surface area contributed by atoms with E-state index in [-0.39, 0.29) is 16.7 Å². The number of nitrogens with one attached hydrogen (secondary N) is 1. The Morgan fingerprint density at radius 2 is 2.06 bits per heavy atom. The first-order valence-electron chi connectivity index (χ1n) is 10.6. The van der Waals surface area contributed by atoms with Gasteiger partial charge in [0.25, 0.3) is 10.0 Å². The van der Waals surface area contributed by atoms with Crippen LogP contribution in [0.15, 0.2) is 38.4 Å². The molecule has 3 heterocycles. The van der Waals surface area contributed by atoms with Crippen molar-refractivity contribution in [3.8, 4) is 11.4 Å². The van der Waals surface area contributed by atoms with Crippen LogP contribution in [0.3, 0.4) is 0 Å². The average Bonchev–Trinajstić information content (AvgIpc) is 3.46. The number of hydrogen-bond acceptors (Lipinski definition) is 7. The highest BCUT2D eigenvalue weighted by molar-refractivity contribution is 7.91. The summed E-state index contributed by atoms with van der Waals surface area (Å²) in [5, 5.41) is 8.64. The van der Waals surface area contributed by atoms with Gasteiger partial charge in [-0.2, -0.15) is 9.29 Å². The number of sulfonamides is 1. The lowest BCUT2D eigenvalue weighted by molar-refractivity contribution is -0.120. The summed E-state index contributed by atoms with van der Waals surface area (Å²) >= 11 is 1.13. The first kappa shape index (κ1) is 22.6. The number of nitrogens with zero attached hydrogens (tertiary/aromatic N) is 3. The fraction of sp³-hybridized carbons (Fsp3) is 0.409. The molecule has 10 heteroatoms. The summed E-state index contributed by atoms with van der Waals surface area (Å²) in [6, 6.07) is 7.41. The Balaban J connectivity index is 1.49. The van der Waals surface area contributed by atoms with E-state index < -0.39 is 15.9 Å². The fourth-order valence-corrected chi connectivity index (χ4v) is 6.66. The van der Waals surface area contributed by atoms with Crippen molar-refractivity contribution in [3.63, 3.8) is 0 Å². The molecule has 0 bridgehead atoms. The minimum atomic E-state index is -3.72. The van der Waals surface area contributed by atoms with E-state index in [9.17, 15) is 13.2 Å². The third-order valence-electron chi connectivity index (χ3n) is 5.68. The van der Waals surface area contributed by atoms with E-state index >= 15 is 0 Å². The van der Waals surface area contributed by atoms with Gasteiger partial charge in [0, 0.05) is 36.1 Å². The molecule has 170 valence electrons. The molecular weight excluding hydrogens is 448 g/mol. The van der Waals surface area contributed by atoms with Crippen molar-refractivity contribution in [3.05, 3.63) is 46.7 Å². The van der Waals surface area contributed by atoms with E-state index in [4.69, 9.17) is 4.52 Å². The fourth-order valence-electron chi connectivity index (χ4n) is 3.82. The number of rotatable bonds is 6. The molecule has 0 saturated carbocycles. The number of thiophene rings is 1. The van der Waals surface area contributed by atoms with Crippen LogP contribution in [0.25, 0.3) is 11.4 Å². The molecule has 2 aromatic heterocycles. The SMILES string of the molecule is CCc1nc(-c2csc(S(=O)(=O)N3CCC[C@@H](C(=O)Nc4c(C)cccc4C)C3)c2)no1. The predicted octanol–water partition coefficient (Wildman–Crippen LogP) is 4.02. The number of piperidine rings is 1. The second-order valence-electron chi connectivity index (χ2n) is 7.98. The van der Waals surface area contributed by atoms with Gasteiger partial charge in [0.05, 0.1) is 5.92 Å². The number of carbonyl (C=O) groups is 1. The van der Waals surface area contributed by atoms with Gasteiger partial charge in [-0.15, -0.1) is 11.3 Å². The lowest BCUT2D eigenvalue weighted by Crippen LogP contribution is -2.43. The number of benzene rings is 1. The molecule has 3 aromatic rings. The molecule has 1 aliphatic heterocycles. The second-order valence-corrected chi connectivity index (χ2v) is 11.1. The smallest absolute Gasteiger partial charge is 0.252 e. The van der Waals surface area contributed by atoms with Gasteiger partial charge in [-0.25, -0.2) is 8.42 Å². The molecule has 32 heavy (non-hydrogen) atoms. The maximum Gasteiger partial charge on any atom is 0.252 e. The van der Waals surface area contributed by atoms with Crippen LogP contribution in [0.2, 0.25) is 0 Å². The van der Waals surface area contributed by atoms with E-state index in [1.807, 2.05) is 39.0 Å². The van der Waals surface area contributed by atoms with Crippen molar-refractivity contribution < 1.29 is 17.7 Å². The summed E-state index contributed by atoms with van der Waals surface area (Å²) in [6.07, 6.45) is 1.90. The van der Waals surface area contributed by atoms with Gasteiger partial charge >= 0.3 is 0 Å². The van der Waals surface area contributed by atoms with Crippen molar-refractivity contribution in [1.29, 1.82) is 0 Å². The first-order chi connectivity index (χ1) is 15.3. The van der Waals surface area contributed by atoms with Crippen molar-refractivity contribution in [1.82, 2.24) is 14.4 Å². The van der Waals surface area contributed by atoms with E-state index in [1.54, 1.807) is 11.4 Å². The topological polar surface area (TPSA) is 105 Å². The molecule has 0 spiro atoms. The Bertz CT molecular complexity index is 1210. The molecule has 0 unspecified atom stereocenters. The maximum absolute atomic E-state index is 13.3. The summed E-state index contributed by atoms with van der Waals surface area (Å²) in [7, 11) is -3.72. The van der Waals surface area contributed by atoms with Gasteiger partial charge in [-0.3, -0.25) is 4.79 Å². The summed E-state index contributed by atoms with van der Waals surface area (Å²) in [4.78, 5) is 17.2. The molecule has 1 aromatic carbocycles. The minimum Gasteiger partial charge on any atom is -0.339 e. The largest absolute Gasteiger partial charge is 0.339 e. The van der Waals surface area contributed by atoms with Crippen LogP contribution in [-0.4, -0.2) is 41.9 Å². The average molecular weight is 475 g/mol. The van der Waals surface area contributed by atoms with Gasteiger partial charge in [-0.05, 0) is 43.9 Å². The zero-order valence-electron chi connectivity index (χ0n) is 18.3. The third-order valence-corrected chi connectivity index (χ3v) is 8.96. The van der Waals surface area contributed by atoms with Gasteiger partial charge in [0.15, 0.2) is 0 Å². The number of amides is 1. The van der Waals surface area contributed by atoms with Crippen LogP contribution in [0.5, 0.6) is 0 Å². The molecular formula is C22H26N4O4S2. The van der Waals surface area contributed by atoms with Crippen molar-refractivity contribution >= 4 is 33.0 Å². The van der Waals surface area contributed by atoms with E-state index in [1.165, 1.54) is 4.31 Å². The van der Waals surface area contributed by atoms with Gasteiger partial charge in [0.1, 0.15) is 4.21 Å². The Hall–Kier alpha value is -2.56. The number of para-hydroxylation sites is 1. The lowest BCUT2D eigenvalue weighted by atomic mass is 9.98. The van der Waals surface area contributed by atoms with Crippen LogP contribution in [0.1, 0.15) is 36.8 Å². The third kappa shape index (κ3) is 4.48. The Labute approximate surface area is 191 Å². The number of aromatic nitrogens is 2. The lowest BCUT2D eigenvalue weighted by Gasteiger charge is -2.31. The molecule has 1 saturated heterocycles. The maximum atomic E-state index is 13.3. The molecule has 4 rings (SSSR count). The second kappa shape index (κ2) is 9.13. The molecule has 1 fully saturated rings. The monoisotopic (exact) mass is 474 g/mol. The van der Waals surface area contributed by atoms with E-state index in [0.717, 1.165) is 28.2 Å². The van der Waals surface area contributed by atoms with Gasteiger partial charge in [0.2, 0.25) is 17.6 Å². The number of anilines is 1. The van der Waals surface area contributed by atoms with Crippen LogP contribution in [-0.2, 0) is 21.2 Å². The van der Waals surface area contributed by atoms with E-state index in [0.29, 0.717) is 43.1 Å². The van der Waals surface area contributed by atoms with Crippen molar-refractivity contribution in [2.45, 2.75) is 44.2 Å². The molecule has 0 aliphatic carbocycles. The van der Waals surface area contributed by atoms with Crippen LogP contribution >= 0.6 is 11.3 Å². The summed E-state index contributed by atoms with van der Waals surface area (Å²) in [5.74, 6) is 0.336. The quantitative estimate of drug-likeness (QED) is 0.579. The molecule has 1 aliphatic rings. The van der Waals surface area contributed by atoms with Gasteiger partial charge in [-0.1, -0.05) is 30.3 Å². The molecule has 1 amide bonds. The first-order valence-corrected chi connectivity index (χ1v) is 12.9. The van der Waals surface area contributed by atoms with Crippen LogP contribution < -0.4 is 5.32 Å². The number of carbonyl (C=O) groups excluding carboxylic acids is 1. The Morgan fingerprint density at radius 1 is 1.31 bits per heavy atom. The molecule has 8 nitrogen and oxygen atoms in total. The molecule has 0 radical (unpaired) electrons. The van der Waals surface area contributed by atoms with Gasteiger partial charge < -0.3 is 9.84 Å². The highest BCUT2D eigenvalue weighted by Crippen LogP contribution is 2.32. The van der Waals surface area contributed by atoms with Crippen molar-refractivity contribution in [2.75, 3.05) is 18.4 Å². The molecule has 1 N–H and O–H groups in total. The summed E-state index contributed by atoms with van der Waals surface area (Å²) in [6.45, 7) is 6.35. The zero-order valence-corrected chi connectivity index (χ0v) is 19.9. The Morgan fingerprint density at radius 3 is 2.75 bits per heavy atom. The highest BCUT2D eigenvalue weighted by atomic mass is 32.2. The number of aryl methyl sites for hydroxylation is 3. The minimum absolute atomic E-state index is 0.145. The summed E-state index contributed by atoms with van der Waals surface area (Å²) in [5.41, 5.74) is 3.38. The summed E-state index contributed by atoms with van der Waals surface area (Å²) < 4.78 is 33.3. The Kier molecular flexibility index (Phi) is 6.45. The predicted molar refractivity (Wildman–Crippen MR) is 123 cm³/mol. The standard InChI is InChI=1S/C22H26N4O4S2/c1-4-18-23-21(25-30-18)17-11-19(31-13-17)32(28,29)26-10-6-9-16(12-26)22(27)24-20-14(2)7-5-8-15(20)3/h5,7-8,11,13,16H,4,6,9-10,12H2,1-3H3,(H,24,27)/t16-/m1/s1. The molecule has 1 atom stereocenters. The van der Waals surface area contributed by atoms with Crippen LogP contribution in [0, 0.1) is 19.8 Å². The van der Waals surface area contributed by atoms with Crippen LogP contribution in [0.4, 0.5) is 5.69 Å².